The molecule has 0 spiro atoms. The fourth-order valence-corrected chi connectivity index (χ4v) is 2.46. The number of rotatable bonds is 0. The van der Waals surface area contributed by atoms with Gasteiger partial charge in [-0.1, -0.05) is 13.8 Å². The van der Waals surface area contributed by atoms with Gasteiger partial charge in [0.15, 0.2) is 0 Å². The summed E-state index contributed by atoms with van der Waals surface area (Å²) in [5, 5.41) is 3.01. The molecule has 0 amide bonds. The van der Waals surface area contributed by atoms with Crippen molar-refractivity contribution in [1.29, 1.82) is 0 Å². The van der Waals surface area contributed by atoms with Crippen molar-refractivity contribution in [3.8, 4) is 0 Å². The molecule has 0 saturated heterocycles. The van der Waals surface area contributed by atoms with Gasteiger partial charge >= 0.3 is 0 Å². The van der Waals surface area contributed by atoms with Crippen LogP contribution in [0.2, 0.25) is 0 Å². The van der Waals surface area contributed by atoms with E-state index in [1.54, 1.807) is 11.3 Å². The summed E-state index contributed by atoms with van der Waals surface area (Å²) in [6, 6.07) is 0. The fourth-order valence-electron chi connectivity index (χ4n) is 1.42. The summed E-state index contributed by atoms with van der Waals surface area (Å²) in [6.07, 6.45) is 0.879. The van der Waals surface area contributed by atoms with Crippen LogP contribution in [0.5, 0.6) is 0 Å². The van der Waals surface area contributed by atoms with Crippen molar-refractivity contribution in [3.05, 3.63) is 21.4 Å². The van der Waals surface area contributed by atoms with Crippen LogP contribution in [0.25, 0.3) is 0 Å². The van der Waals surface area contributed by atoms with Gasteiger partial charge in [-0.15, -0.1) is 20.9 Å². The van der Waals surface area contributed by atoms with Gasteiger partial charge in [-0.25, -0.2) is 0 Å². The zero-order valence-corrected chi connectivity index (χ0v) is 9.25. The highest BCUT2D eigenvalue weighted by Gasteiger charge is 2.18. The van der Waals surface area contributed by atoms with Crippen LogP contribution in [-0.4, -0.2) is 11.7 Å². The number of thiophene rings is 1. The molecule has 0 saturated carbocycles. The van der Waals surface area contributed by atoms with E-state index < -0.39 is 0 Å². The largest absolute Gasteiger partial charge is 0.148 e. The number of hydrogen-bond acceptors (Lipinski definition) is 2. The van der Waals surface area contributed by atoms with Gasteiger partial charge in [-0.2, -0.15) is 0 Å². The number of fused-ring (bicyclic) bond motifs is 1. The molecule has 0 aliphatic carbocycles. The first-order valence-electron chi connectivity index (χ1n) is 4.74. The van der Waals surface area contributed by atoms with E-state index in [2.05, 4.69) is 12.3 Å². The molecular formula is C10H16FNS. The number of nitrogens with zero attached hydrogens (tertiary/aromatic N) is 1. The fraction of sp³-hybridized carbons (Fsp3) is 0.600. The summed E-state index contributed by atoms with van der Waals surface area (Å²) >= 11 is 1.76. The maximum Gasteiger partial charge on any atom is 0.0554 e. The highest BCUT2D eigenvalue weighted by atomic mass is 32.1. The molecule has 13 heavy (non-hydrogen) atoms. The maximum atomic E-state index is 12.8. The smallest absolute Gasteiger partial charge is 0.0554 e. The molecule has 0 bridgehead atoms. The van der Waals surface area contributed by atoms with E-state index in [9.17, 15) is 4.48 Å². The van der Waals surface area contributed by atoms with Gasteiger partial charge in [-0.3, -0.25) is 0 Å². The Hall–Kier alpha value is -0.410. The van der Waals surface area contributed by atoms with E-state index >= 15 is 0 Å². The molecule has 1 aromatic rings. The lowest BCUT2D eigenvalue weighted by Gasteiger charge is -2.18. The third-order valence-corrected chi connectivity index (χ3v) is 3.31. The molecule has 0 atom stereocenters. The minimum absolute atomic E-state index is 0.491. The molecule has 0 aromatic carbocycles. The first-order chi connectivity index (χ1) is 6.27. The van der Waals surface area contributed by atoms with Crippen LogP contribution in [0, 0.1) is 6.92 Å². The molecule has 0 N–H and O–H groups in total. The molecule has 0 fully saturated rings. The molecule has 1 aliphatic rings. The van der Waals surface area contributed by atoms with Crippen LogP contribution in [0.4, 0.5) is 4.48 Å². The maximum absolute atomic E-state index is 12.8. The van der Waals surface area contributed by atoms with Crippen LogP contribution in [0.15, 0.2) is 5.38 Å². The molecule has 2 heterocycles. The number of halogens is 1. The summed E-state index contributed by atoms with van der Waals surface area (Å²) in [6.45, 7) is 7.10. The van der Waals surface area contributed by atoms with E-state index in [-0.39, 0.29) is 0 Å². The monoisotopic (exact) mass is 201 g/mol. The Morgan fingerprint density at radius 1 is 1.46 bits per heavy atom. The molecule has 74 valence electrons. The molecule has 1 aromatic heterocycles. The molecule has 1 nitrogen and oxygen atoms in total. The zero-order chi connectivity index (χ0) is 9.84. The molecule has 0 radical (unpaired) electrons. The molecule has 3 heteroatoms. The van der Waals surface area contributed by atoms with Crippen LogP contribution >= 0.6 is 11.3 Å². The van der Waals surface area contributed by atoms with Gasteiger partial charge in [0.1, 0.15) is 0 Å². The summed E-state index contributed by atoms with van der Waals surface area (Å²) in [5.74, 6) is 0. The van der Waals surface area contributed by atoms with Crippen LogP contribution in [0.3, 0.4) is 0 Å². The van der Waals surface area contributed by atoms with Crippen molar-refractivity contribution in [1.82, 2.24) is 5.12 Å². The third kappa shape index (κ3) is 2.29. The second-order valence-electron chi connectivity index (χ2n) is 2.91. The van der Waals surface area contributed by atoms with E-state index in [1.807, 2.05) is 13.8 Å². The molecule has 0 unspecified atom stereocenters. The third-order valence-electron chi connectivity index (χ3n) is 2.10. The minimum atomic E-state index is 0.491. The summed E-state index contributed by atoms with van der Waals surface area (Å²) in [4.78, 5) is 1.37. The van der Waals surface area contributed by atoms with Crippen LogP contribution < -0.4 is 0 Å². The van der Waals surface area contributed by atoms with Gasteiger partial charge in [-0.05, 0) is 29.9 Å². The summed E-state index contributed by atoms with van der Waals surface area (Å²) in [7, 11) is 0. The van der Waals surface area contributed by atoms with Gasteiger partial charge in [0.2, 0.25) is 0 Å². The highest BCUT2D eigenvalue weighted by molar-refractivity contribution is 7.10. The lowest BCUT2D eigenvalue weighted by Crippen LogP contribution is -2.22. The predicted molar refractivity (Wildman–Crippen MR) is 55.6 cm³/mol. The van der Waals surface area contributed by atoms with Crippen molar-refractivity contribution >= 4 is 11.3 Å². The Labute approximate surface area is 83.1 Å². The second-order valence-corrected chi connectivity index (χ2v) is 3.88. The average molecular weight is 201 g/mol. The van der Waals surface area contributed by atoms with Crippen molar-refractivity contribution in [2.45, 2.75) is 33.7 Å². The SMILES string of the molecule is CC.Cc1csc2c1CN(F)CC2. The minimum Gasteiger partial charge on any atom is -0.148 e. The van der Waals surface area contributed by atoms with Crippen molar-refractivity contribution in [3.63, 3.8) is 0 Å². The van der Waals surface area contributed by atoms with Gasteiger partial charge in [0, 0.05) is 11.4 Å². The van der Waals surface area contributed by atoms with E-state index in [0.29, 0.717) is 13.1 Å². The number of hydrogen-bond donors (Lipinski definition) is 0. The van der Waals surface area contributed by atoms with Gasteiger partial charge < -0.3 is 0 Å². The van der Waals surface area contributed by atoms with Crippen molar-refractivity contribution in [2.24, 2.45) is 0 Å². The van der Waals surface area contributed by atoms with E-state index in [1.165, 1.54) is 16.0 Å². The highest BCUT2D eigenvalue weighted by Crippen LogP contribution is 2.27. The topological polar surface area (TPSA) is 3.24 Å². The van der Waals surface area contributed by atoms with Crippen molar-refractivity contribution in [2.75, 3.05) is 6.54 Å². The summed E-state index contributed by atoms with van der Waals surface area (Å²) in [5.41, 5.74) is 2.45. The lowest BCUT2D eigenvalue weighted by molar-refractivity contribution is 0.0109. The van der Waals surface area contributed by atoms with Crippen LogP contribution in [0.1, 0.15) is 29.9 Å². The first kappa shape index (κ1) is 10.7. The second kappa shape index (κ2) is 4.72. The van der Waals surface area contributed by atoms with Gasteiger partial charge in [0.05, 0.1) is 6.54 Å². The Morgan fingerprint density at radius 2 is 2.15 bits per heavy atom. The van der Waals surface area contributed by atoms with E-state index in [0.717, 1.165) is 11.5 Å². The van der Waals surface area contributed by atoms with Crippen molar-refractivity contribution < 1.29 is 4.48 Å². The normalized spacial score (nSPS) is 16.0. The first-order valence-corrected chi connectivity index (χ1v) is 5.62. The molecular weight excluding hydrogens is 185 g/mol. The quantitative estimate of drug-likeness (QED) is 0.582. The van der Waals surface area contributed by atoms with E-state index in [4.69, 9.17) is 0 Å². The number of aryl methyl sites for hydroxylation is 1. The van der Waals surface area contributed by atoms with Gasteiger partial charge in [0.25, 0.3) is 0 Å². The zero-order valence-electron chi connectivity index (χ0n) is 8.43. The van der Waals surface area contributed by atoms with Crippen LogP contribution in [-0.2, 0) is 13.0 Å². The average Bonchev–Trinajstić information content (AvgIpc) is 2.52. The Balaban J connectivity index is 0.000000396. The Morgan fingerprint density at radius 3 is 2.85 bits per heavy atom. The Kier molecular flexibility index (Phi) is 3.88. The Bertz CT molecular complexity index is 270. The molecule has 2 rings (SSSR count). The standard InChI is InChI=1S/C8H10FNS.C2H6/c1-6-5-11-8-2-3-10(9)4-7(6)8;1-2/h5H,2-4H2,1H3;1-2H3. The predicted octanol–water partition coefficient (Wildman–Crippen LogP) is 3.33. The molecule has 1 aliphatic heterocycles. The lowest BCUT2D eigenvalue weighted by atomic mass is 10.1. The summed E-state index contributed by atoms with van der Waals surface area (Å²) < 4.78 is 12.8.